The minimum Gasteiger partial charge on any atom is -0.482 e. The van der Waals surface area contributed by atoms with Crippen molar-refractivity contribution >= 4 is 17.7 Å². The number of carboxylic acid groups (broad SMARTS) is 1. The van der Waals surface area contributed by atoms with Crippen LogP contribution in [0.3, 0.4) is 0 Å². The lowest BCUT2D eigenvalue weighted by Crippen LogP contribution is -2.36. The molecule has 2 amide bonds. The minimum atomic E-state index is -1.07. The topological polar surface area (TPSA) is 87.7 Å². The highest BCUT2D eigenvalue weighted by atomic mass is 16.5. The summed E-state index contributed by atoms with van der Waals surface area (Å²) in [6, 6.07) is 5.72. The zero-order chi connectivity index (χ0) is 15.7. The average Bonchev–Trinajstić information content (AvgIpc) is 2.45. The molecule has 1 atom stereocenters. The van der Waals surface area contributed by atoms with Crippen LogP contribution < -0.4 is 15.4 Å². The van der Waals surface area contributed by atoms with Gasteiger partial charge in [0.25, 0.3) is 0 Å². The highest BCUT2D eigenvalue weighted by Gasteiger charge is 2.09. The maximum atomic E-state index is 11.8. The Morgan fingerprint density at radius 3 is 2.86 bits per heavy atom. The van der Waals surface area contributed by atoms with E-state index in [1.165, 1.54) is 6.07 Å². The van der Waals surface area contributed by atoms with Crippen molar-refractivity contribution in [2.75, 3.05) is 11.9 Å². The number of terminal acetylenes is 1. The number of nitrogens with one attached hydrogen (secondary N) is 2. The maximum Gasteiger partial charge on any atom is 0.341 e. The minimum absolute atomic E-state index is 0.318. The molecule has 0 radical (unpaired) electrons. The van der Waals surface area contributed by atoms with E-state index in [1.807, 2.05) is 6.92 Å². The predicted octanol–water partition coefficient (Wildman–Crippen LogP) is 2.07. The lowest BCUT2D eigenvalue weighted by molar-refractivity contribution is -0.139. The largest absolute Gasteiger partial charge is 0.482 e. The summed E-state index contributed by atoms with van der Waals surface area (Å²) in [7, 11) is 0. The third kappa shape index (κ3) is 6.34. The molecule has 0 fully saturated rings. The quantitative estimate of drug-likeness (QED) is 0.671. The third-order valence-electron chi connectivity index (χ3n) is 2.54. The number of carbonyl (C=O) groups excluding carboxylic acids is 1. The van der Waals surface area contributed by atoms with Crippen molar-refractivity contribution in [1.82, 2.24) is 5.32 Å². The van der Waals surface area contributed by atoms with Crippen molar-refractivity contribution in [2.45, 2.75) is 25.8 Å². The van der Waals surface area contributed by atoms with Gasteiger partial charge in [-0.1, -0.05) is 25.3 Å². The van der Waals surface area contributed by atoms with Crippen molar-refractivity contribution in [3.8, 4) is 18.1 Å². The first-order valence-electron chi connectivity index (χ1n) is 6.53. The van der Waals surface area contributed by atoms with Crippen LogP contribution in [0, 0.1) is 12.3 Å². The van der Waals surface area contributed by atoms with E-state index in [0.29, 0.717) is 17.9 Å². The second-order valence-electron chi connectivity index (χ2n) is 4.32. The van der Waals surface area contributed by atoms with Crippen LogP contribution >= 0.6 is 0 Å². The van der Waals surface area contributed by atoms with Crippen molar-refractivity contribution in [3.05, 3.63) is 24.3 Å². The van der Waals surface area contributed by atoms with Crippen LogP contribution in [0.25, 0.3) is 0 Å². The first-order valence-corrected chi connectivity index (χ1v) is 6.53. The molecule has 112 valence electrons. The molecule has 0 aromatic heterocycles. The molecule has 1 unspecified atom stereocenters. The number of hydrogen-bond donors (Lipinski definition) is 3. The van der Waals surface area contributed by atoms with Gasteiger partial charge in [-0.2, -0.15) is 0 Å². The van der Waals surface area contributed by atoms with E-state index < -0.39 is 18.6 Å². The highest BCUT2D eigenvalue weighted by Crippen LogP contribution is 2.17. The Morgan fingerprint density at radius 1 is 1.48 bits per heavy atom. The number of urea groups is 1. The van der Waals surface area contributed by atoms with Crippen molar-refractivity contribution in [2.24, 2.45) is 0 Å². The van der Waals surface area contributed by atoms with Gasteiger partial charge in [-0.3, -0.25) is 0 Å². The number of aliphatic carboxylic acids is 1. The van der Waals surface area contributed by atoms with E-state index in [4.69, 9.17) is 16.3 Å². The van der Waals surface area contributed by atoms with Gasteiger partial charge >= 0.3 is 12.0 Å². The number of rotatable bonds is 7. The molecule has 6 nitrogen and oxygen atoms in total. The smallest absolute Gasteiger partial charge is 0.341 e. The molecule has 0 aliphatic rings. The zero-order valence-electron chi connectivity index (χ0n) is 11.8. The Hall–Kier alpha value is -2.68. The number of ether oxygens (including phenoxy) is 1. The van der Waals surface area contributed by atoms with Gasteiger partial charge in [0.1, 0.15) is 5.75 Å². The lowest BCUT2D eigenvalue weighted by atomic mass is 10.2. The van der Waals surface area contributed by atoms with Crippen LogP contribution in [0.4, 0.5) is 10.5 Å². The third-order valence-corrected chi connectivity index (χ3v) is 2.54. The fourth-order valence-corrected chi connectivity index (χ4v) is 1.62. The number of hydrogen-bond acceptors (Lipinski definition) is 3. The van der Waals surface area contributed by atoms with Crippen LogP contribution in [-0.4, -0.2) is 29.8 Å². The Morgan fingerprint density at radius 2 is 2.24 bits per heavy atom. The van der Waals surface area contributed by atoms with Gasteiger partial charge in [0.05, 0.1) is 6.04 Å². The predicted molar refractivity (Wildman–Crippen MR) is 79.3 cm³/mol. The molecule has 0 aliphatic carbocycles. The molecule has 1 aromatic carbocycles. The Bertz CT molecular complexity index is 537. The summed E-state index contributed by atoms with van der Waals surface area (Å²) >= 11 is 0. The van der Waals surface area contributed by atoms with Gasteiger partial charge < -0.3 is 20.5 Å². The summed E-state index contributed by atoms with van der Waals surface area (Å²) < 4.78 is 5.03. The van der Waals surface area contributed by atoms with Crippen LogP contribution in [0.5, 0.6) is 5.75 Å². The second kappa shape index (κ2) is 8.48. The first-order chi connectivity index (χ1) is 10.0. The van der Waals surface area contributed by atoms with Gasteiger partial charge in [-0.15, -0.1) is 6.42 Å². The maximum absolute atomic E-state index is 11.8. The molecule has 0 spiro atoms. The number of amides is 2. The van der Waals surface area contributed by atoms with Gasteiger partial charge in [0.2, 0.25) is 0 Å². The van der Waals surface area contributed by atoms with Crippen LogP contribution in [0.15, 0.2) is 24.3 Å². The fourth-order valence-electron chi connectivity index (χ4n) is 1.62. The summed E-state index contributed by atoms with van der Waals surface area (Å²) in [5, 5.41) is 13.8. The van der Waals surface area contributed by atoms with Crippen LogP contribution in [0.1, 0.15) is 19.8 Å². The molecule has 1 aromatic rings. The van der Waals surface area contributed by atoms with Crippen molar-refractivity contribution in [3.63, 3.8) is 0 Å². The summed E-state index contributed by atoms with van der Waals surface area (Å²) in [6.07, 6.45) is 6.89. The van der Waals surface area contributed by atoms with Gasteiger partial charge in [-0.05, 0) is 18.6 Å². The molecule has 0 aliphatic heterocycles. The number of carboxylic acids is 1. The normalized spacial score (nSPS) is 11.0. The summed E-state index contributed by atoms with van der Waals surface area (Å²) in [6.45, 7) is 1.54. The summed E-state index contributed by atoms with van der Waals surface area (Å²) in [4.78, 5) is 22.2. The molecule has 1 rings (SSSR count). The fraction of sp³-hybridized carbons (Fsp3) is 0.333. The number of carbonyl (C=O) groups is 2. The van der Waals surface area contributed by atoms with Crippen LogP contribution in [0.2, 0.25) is 0 Å². The molecule has 0 saturated carbocycles. The monoisotopic (exact) mass is 290 g/mol. The van der Waals surface area contributed by atoms with E-state index >= 15 is 0 Å². The molecule has 0 saturated heterocycles. The van der Waals surface area contributed by atoms with Crippen molar-refractivity contribution in [1.29, 1.82) is 0 Å². The summed E-state index contributed by atoms with van der Waals surface area (Å²) in [5.41, 5.74) is 0.489. The van der Waals surface area contributed by atoms with E-state index in [2.05, 4.69) is 16.6 Å². The Labute approximate surface area is 123 Å². The zero-order valence-corrected chi connectivity index (χ0v) is 11.8. The molecule has 21 heavy (non-hydrogen) atoms. The van der Waals surface area contributed by atoms with Crippen LogP contribution in [-0.2, 0) is 4.79 Å². The molecule has 6 heteroatoms. The second-order valence-corrected chi connectivity index (χ2v) is 4.32. The molecule has 0 bridgehead atoms. The SMILES string of the molecule is C#CC(CCC)NC(=O)Nc1cccc(OCC(=O)O)c1. The Kier molecular flexibility index (Phi) is 6.61. The highest BCUT2D eigenvalue weighted by molar-refractivity contribution is 5.89. The standard InChI is InChI=1S/C15H18N2O4/c1-3-6-11(4-2)16-15(20)17-12-7-5-8-13(9-12)21-10-14(18)19/h2,5,7-9,11H,3,6,10H2,1H3,(H,18,19)(H2,16,17,20). The molecular weight excluding hydrogens is 272 g/mol. The molecular formula is C15H18N2O4. The van der Waals surface area contributed by atoms with E-state index in [0.717, 1.165) is 6.42 Å². The Balaban J connectivity index is 2.58. The van der Waals surface area contributed by atoms with E-state index in [1.54, 1.807) is 18.2 Å². The average molecular weight is 290 g/mol. The summed E-state index contributed by atoms with van der Waals surface area (Å²) in [5.74, 6) is 1.79. The lowest BCUT2D eigenvalue weighted by Gasteiger charge is -2.13. The van der Waals surface area contributed by atoms with Gasteiger partial charge in [0.15, 0.2) is 6.61 Å². The van der Waals surface area contributed by atoms with Gasteiger partial charge in [-0.25, -0.2) is 9.59 Å². The molecule has 3 N–H and O–H groups in total. The van der Waals surface area contributed by atoms with E-state index in [9.17, 15) is 9.59 Å². The van der Waals surface area contributed by atoms with Gasteiger partial charge in [0, 0.05) is 11.8 Å². The first kappa shape index (κ1) is 16.4. The van der Waals surface area contributed by atoms with Crippen molar-refractivity contribution < 1.29 is 19.4 Å². The number of benzene rings is 1. The molecule has 0 heterocycles. The number of anilines is 1. The van der Waals surface area contributed by atoms with E-state index in [-0.39, 0.29) is 6.04 Å².